The molecule has 0 radical (unpaired) electrons. The van der Waals surface area contributed by atoms with Gasteiger partial charge in [0.15, 0.2) is 17.5 Å². The molecule has 1 amide bonds. The number of nitrogens with one attached hydrogen (secondary N) is 1. The fourth-order valence-electron chi connectivity index (χ4n) is 3.89. The number of carbonyl (C=O) groups excluding carboxylic acids is 1. The minimum absolute atomic E-state index is 0.0401. The SMILES string of the molecule is O=C(Nc1cnccn1)[C@@H]1C[C@H]2OCC[C@H]2N(Cc2ccc(F)c(F)c2)C1. The molecule has 0 spiro atoms. The van der Waals surface area contributed by atoms with Crippen LogP contribution in [0.25, 0.3) is 0 Å². The van der Waals surface area contributed by atoms with E-state index >= 15 is 0 Å². The molecule has 2 aliphatic heterocycles. The molecule has 4 rings (SSSR count). The number of aromatic nitrogens is 2. The Bertz CT molecular complexity index is 821. The van der Waals surface area contributed by atoms with Crippen LogP contribution >= 0.6 is 0 Å². The average molecular weight is 374 g/mol. The van der Waals surface area contributed by atoms with E-state index in [1.807, 2.05) is 0 Å². The van der Waals surface area contributed by atoms with E-state index < -0.39 is 11.6 Å². The maximum absolute atomic E-state index is 13.6. The number of hydrogen-bond acceptors (Lipinski definition) is 5. The van der Waals surface area contributed by atoms with E-state index in [0.717, 1.165) is 12.5 Å². The minimum atomic E-state index is -0.860. The van der Waals surface area contributed by atoms with E-state index in [9.17, 15) is 13.6 Å². The summed E-state index contributed by atoms with van der Waals surface area (Å²) in [6.07, 6.45) is 6.01. The molecular weight excluding hydrogens is 354 g/mol. The lowest BCUT2D eigenvalue weighted by atomic mass is 9.89. The summed E-state index contributed by atoms with van der Waals surface area (Å²) in [6.45, 7) is 1.61. The monoisotopic (exact) mass is 374 g/mol. The van der Waals surface area contributed by atoms with Gasteiger partial charge < -0.3 is 10.1 Å². The summed E-state index contributed by atoms with van der Waals surface area (Å²) in [7, 11) is 0. The topological polar surface area (TPSA) is 67.3 Å². The molecule has 2 aromatic rings. The molecule has 1 aromatic heterocycles. The molecule has 2 aliphatic rings. The first-order valence-corrected chi connectivity index (χ1v) is 8.96. The lowest BCUT2D eigenvalue weighted by molar-refractivity contribution is -0.124. The second-order valence-electron chi connectivity index (χ2n) is 6.96. The van der Waals surface area contributed by atoms with Crippen LogP contribution in [0.2, 0.25) is 0 Å². The van der Waals surface area contributed by atoms with Gasteiger partial charge in [-0.2, -0.15) is 0 Å². The predicted octanol–water partition coefficient (Wildman–Crippen LogP) is 2.37. The molecule has 1 N–H and O–H groups in total. The molecule has 142 valence electrons. The van der Waals surface area contributed by atoms with Crippen molar-refractivity contribution in [1.82, 2.24) is 14.9 Å². The first-order chi connectivity index (χ1) is 13.1. The number of hydrogen-bond donors (Lipinski definition) is 1. The van der Waals surface area contributed by atoms with Crippen molar-refractivity contribution in [2.24, 2.45) is 5.92 Å². The van der Waals surface area contributed by atoms with E-state index in [1.165, 1.54) is 24.7 Å². The summed E-state index contributed by atoms with van der Waals surface area (Å²) in [5.41, 5.74) is 0.675. The molecule has 0 aliphatic carbocycles. The third-order valence-corrected chi connectivity index (χ3v) is 5.17. The van der Waals surface area contributed by atoms with Crippen molar-refractivity contribution >= 4 is 11.7 Å². The normalized spacial score (nSPS) is 25.2. The van der Waals surface area contributed by atoms with Crippen molar-refractivity contribution in [2.75, 3.05) is 18.5 Å². The molecule has 2 fully saturated rings. The maximum atomic E-state index is 13.6. The largest absolute Gasteiger partial charge is 0.377 e. The van der Waals surface area contributed by atoms with Crippen LogP contribution in [0.4, 0.5) is 14.6 Å². The highest BCUT2D eigenvalue weighted by Gasteiger charge is 2.42. The van der Waals surface area contributed by atoms with Crippen LogP contribution in [0.3, 0.4) is 0 Å². The summed E-state index contributed by atoms with van der Waals surface area (Å²) < 4.78 is 32.6. The van der Waals surface area contributed by atoms with Crippen LogP contribution < -0.4 is 5.32 Å². The first-order valence-electron chi connectivity index (χ1n) is 8.96. The lowest BCUT2D eigenvalue weighted by Crippen LogP contribution is -2.51. The van der Waals surface area contributed by atoms with Gasteiger partial charge in [0.1, 0.15) is 0 Å². The highest BCUT2D eigenvalue weighted by Crippen LogP contribution is 2.33. The van der Waals surface area contributed by atoms with Gasteiger partial charge in [-0.3, -0.25) is 14.7 Å². The second kappa shape index (κ2) is 7.66. The Morgan fingerprint density at radius 1 is 1.30 bits per heavy atom. The fraction of sp³-hybridized carbons (Fsp3) is 0.421. The summed E-state index contributed by atoms with van der Waals surface area (Å²) >= 11 is 0. The van der Waals surface area contributed by atoms with Gasteiger partial charge in [0, 0.05) is 38.1 Å². The number of nitrogens with zero attached hydrogens (tertiary/aromatic N) is 3. The number of ether oxygens (including phenoxy) is 1. The summed E-state index contributed by atoms with van der Waals surface area (Å²) in [6, 6.07) is 4.10. The van der Waals surface area contributed by atoms with Gasteiger partial charge in [0.2, 0.25) is 5.91 Å². The Morgan fingerprint density at radius 2 is 2.19 bits per heavy atom. The minimum Gasteiger partial charge on any atom is -0.377 e. The fourth-order valence-corrected chi connectivity index (χ4v) is 3.89. The zero-order valence-electron chi connectivity index (χ0n) is 14.6. The Kier molecular flexibility index (Phi) is 5.09. The van der Waals surface area contributed by atoms with Gasteiger partial charge in [-0.1, -0.05) is 6.07 Å². The molecule has 6 nitrogen and oxygen atoms in total. The van der Waals surface area contributed by atoms with Crippen LogP contribution in [0.5, 0.6) is 0 Å². The lowest BCUT2D eigenvalue weighted by Gasteiger charge is -2.40. The second-order valence-corrected chi connectivity index (χ2v) is 6.96. The van der Waals surface area contributed by atoms with Crippen molar-refractivity contribution in [3.8, 4) is 0 Å². The third kappa shape index (κ3) is 3.96. The number of amides is 1. The number of likely N-dealkylation sites (tertiary alicyclic amines) is 1. The molecule has 3 heterocycles. The standard InChI is InChI=1S/C19H20F2N4O2/c20-14-2-1-12(7-15(14)21)10-25-11-13(8-17-16(25)3-6-27-17)19(26)24-18-9-22-4-5-23-18/h1-2,4-5,7,9,13,16-17H,3,6,8,10-11H2,(H,23,24,26)/t13-,16-,17-/m1/s1. The van der Waals surface area contributed by atoms with Crippen molar-refractivity contribution < 1.29 is 18.3 Å². The number of benzene rings is 1. The number of anilines is 1. The van der Waals surface area contributed by atoms with Gasteiger partial charge in [-0.15, -0.1) is 0 Å². The summed E-state index contributed by atoms with van der Waals surface area (Å²) in [5.74, 6) is -1.73. The number of piperidine rings is 1. The van der Waals surface area contributed by atoms with Crippen molar-refractivity contribution in [3.05, 3.63) is 54.0 Å². The van der Waals surface area contributed by atoms with E-state index in [1.54, 1.807) is 6.07 Å². The Balaban J connectivity index is 1.48. The van der Waals surface area contributed by atoms with Crippen LogP contribution in [0.15, 0.2) is 36.8 Å². The Hall–Kier alpha value is -2.45. The third-order valence-electron chi connectivity index (χ3n) is 5.17. The Morgan fingerprint density at radius 3 is 2.96 bits per heavy atom. The Labute approximate surface area is 155 Å². The van der Waals surface area contributed by atoms with Crippen molar-refractivity contribution in [1.29, 1.82) is 0 Å². The quantitative estimate of drug-likeness (QED) is 0.890. The molecular formula is C19H20F2N4O2. The summed E-state index contributed by atoms with van der Waals surface area (Å²) in [5, 5.41) is 2.79. The van der Waals surface area contributed by atoms with Gasteiger partial charge in [0.05, 0.1) is 18.2 Å². The van der Waals surface area contributed by atoms with Gasteiger partial charge in [0.25, 0.3) is 0 Å². The van der Waals surface area contributed by atoms with Crippen molar-refractivity contribution in [3.63, 3.8) is 0 Å². The van der Waals surface area contributed by atoms with E-state index in [4.69, 9.17) is 4.74 Å². The zero-order valence-corrected chi connectivity index (χ0v) is 14.6. The number of fused-ring (bicyclic) bond motifs is 1. The molecule has 0 bridgehead atoms. The van der Waals surface area contributed by atoms with Gasteiger partial charge in [-0.25, -0.2) is 13.8 Å². The molecule has 1 aromatic carbocycles. The molecule has 8 heteroatoms. The summed E-state index contributed by atoms with van der Waals surface area (Å²) in [4.78, 5) is 22.8. The van der Waals surface area contributed by atoms with E-state index in [0.29, 0.717) is 37.5 Å². The average Bonchev–Trinajstić information content (AvgIpc) is 3.14. The highest BCUT2D eigenvalue weighted by atomic mass is 19.2. The van der Waals surface area contributed by atoms with Gasteiger partial charge in [-0.05, 0) is 30.5 Å². The molecule has 3 atom stereocenters. The van der Waals surface area contributed by atoms with Crippen LogP contribution in [0, 0.1) is 17.6 Å². The predicted molar refractivity (Wildman–Crippen MR) is 93.7 cm³/mol. The van der Waals surface area contributed by atoms with Gasteiger partial charge >= 0.3 is 0 Å². The smallest absolute Gasteiger partial charge is 0.230 e. The maximum Gasteiger partial charge on any atom is 0.230 e. The zero-order chi connectivity index (χ0) is 18.8. The molecule has 2 saturated heterocycles. The van der Waals surface area contributed by atoms with Crippen LogP contribution in [0.1, 0.15) is 18.4 Å². The molecule has 0 saturated carbocycles. The highest BCUT2D eigenvalue weighted by molar-refractivity contribution is 5.91. The first kappa shape index (κ1) is 17.9. The number of rotatable bonds is 4. The van der Waals surface area contributed by atoms with Crippen LogP contribution in [-0.2, 0) is 16.1 Å². The molecule has 0 unspecified atom stereocenters. The number of halogens is 2. The van der Waals surface area contributed by atoms with Crippen molar-refractivity contribution in [2.45, 2.75) is 31.5 Å². The number of carbonyl (C=O) groups is 1. The van der Waals surface area contributed by atoms with E-state index in [-0.39, 0.29) is 24.0 Å². The molecule has 27 heavy (non-hydrogen) atoms. The van der Waals surface area contributed by atoms with E-state index in [2.05, 4.69) is 20.2 Å². The van der Waals surface area contributed by atoms with Crippen LogP contribution in [-0.4, -0.2) is 46.1 Å².